The van der Waals surface area contributed by atoms with E-state index in [2.05, 4.69) is 5.32 Å². The van der Waals surface area contributed by atoms with E-state index in [4.69, 9.17) is 14.0 Å². The molecule has 1 atom stereocenters. The number of unbranched alkanes of at least 4 members (excludes halogenated alkanes) is 1. The fraction of sp³-hybridized carbons (Fsp3) is 0.636. The van der Waals surface area contributed by atoms with E-state index in [1.165, 1.54) is 0 Å². The molecule has 0 saturated carbocycles. The first-order chi connectivity index (χ1) is 9.04. The Morgan fingerprint density at radius 1 is 1.37 bits per heavy atom. The van der Waals surface area contributed by atoms with Crippen molar-refractivity contribution in [2.75, 3.05) is 25.4 Å². The fourth-order valence-corrected chi connectivity index (χ4v) is 3.00. The van der Waals surface area contributed by atoms with Crippen LogP contribution in [0.15, 0.2) is 10.8 Å². The van der Waals surface area contributed by atoms with Gasteiger partial charge in [0.25, 0.3) is 10.1 Å². The van der Waals surface area contributed by atoms with Crippen molar-refractivity contribution in [2.24, 2.45) is 0 Å². The summed E-state index contributed by atoms with van der Waals surface area (Å²) in [6, 6.07) is 0. The molecule has 0 amide bonds. The number of thiophene rings is 1. The Kier molecular flexibility index (Phi) is 5.03. The van der Waals surface area contributed by atoms with Crippen LogP contribution in [0, 0.1) is 0 Å². The van der Waals surface area contributed by atoms with Crippen LogP contribution in [-0.2, 0) is 10.1 Å². The second-order valence-corrected chi connectivity index (χ2v) is 6.66. The molecule has 108 valence electrons. The van der Waals surface area contributed by atoms with Crippen LogP contribution in [0.1, 0.15) is 12.8 Å². The number of hydrogen-bond acceptors (Lipinski definition) is 6. The van der Waals surface area contributed by atoms with E-state index in [-0.39, 0.29) is 11.9 Å². The van der Waals surface area contributed by atoms with Crippen molar-refractivity contribution >= 4 is 21.5 Å². The summed E-state index contributed by atoms with van der Waals surface area (Å²) in [5.41, 5.74) is 0. The molecule has 1 aromatic heterocycles. The third kappa shape index (κ3) is 4.98. The molecule has 6 nitrogen and oxygen atoms in total. The van der Waals surface area contributed by atoms with Crippen LogP contribution in [0.4, 0.5) is 0 Å². The summed E-state index contributed by atoms with van der Waals surface area (Å²) in [7, 11) is -3.83. The summed E-state index contributed by atoms with van der Waals surface area (Å²) < 4.78 is 40.8. The fourth-order valence-electron chi connectivity index (χ4n) is 1.76. The van der Waals surface area contributed by atoms with Gasteiger partial charge in [0.2, 0.25) is 0 Å². The largest absolute Gasteiger partial charge is 0.485 e. The molecule has 2 heterocycles. The summed E-state index contributed by atoms with van der Waals surface area (Å²) in [4.78, 5) is 0. The lowest BCUT2D eigenvalue weighted by molar-refractivity contribution is 0.0919. The van der Waals surface area contributed by atoms with E-state index in [9.17, 15) is 8.42 Å². The van der Waals surface area contributed by atoms with Crippen LogP contribution >= 0.6 is 11.3 Å². The average Bonchev–Trinajstić information content (AvgIpc) is 2.79. The van der Waals surface area contributed by atoms with Gasteiger partial charge in [0.15, 0.2) is 11.5 Å². The number of hydrogen-bond donors (Lipinski definition) is 2. The van der Waals surface area contributed by atoms with Crippen LogP contribution in [0.2, 0.25) is 0 Å². The first-order valence-corrected chi connectivity index (χ1v) is 8.61. The maximum atomic E-state index is 10.5. The molecule has 0 aromatic carbocycles. The van der Waals surface area contributed by atoms with Gasteiger partial charge in [0, 0.05) is 17.3 Å². The molecule has 1 aromatic rings. The zero-order valence-electron chi connectivity index (χ0n) is 10.4. The van der Waals surface area contributed by atoms with Crippen molar-refractivity contribution in [3.8, 4) is 11.5 Å². The van der Waals surface area contributed by atoms with Gasteiger partial charge in [-0.1, -0.05) is 0 Å². The molecule has 0 spiro atoms. The average molecular weight is 307 g/mol. The standard InChI is InChI=1S/C11H17NO5S2/c13-19(14,15)4-2-1-3-12-5-9-6-16-10-7-18-8-11(10)17-9/h7-9,12H,1-6H2,(H,13,14,15). The van der Waals surface area contributed by atoms with Crippen molar-refractivity contribution in [1.82, 2.24) is 5.32 Å². The summed E-state index contributed by atoms with van der Waals surface area (Å²) in [6.45, 7) is 1.86. The zero-order valence-corrected chi connectivity index (χ0v) is 12.0. The highest BCUT2D eigenvalue weighted by molar-refractivity contribution is 7.85. The van der Waals surface area contributed by atoms with Gasteiger partial charge >= 0.3 is 0 Å². The van der Waals surface area contributed by atoms with Gasteiger partial charge in [-0.3, -0.25) is 4.55 Å². The predicted molar refractivity (Wildman–Crippen MR) is 72.7 cm³/mol. The zero-order chi connectivity index (χ0) is 13.7. The first-order valence-electron chi connectivity index (χ1n) is 6.06. The van der Waals surface area contributed by atoms with Gasteiger partial charge in [0.1, 0.15) is 12.7 Å². The Morgan fingerprint density at radius 3 is 2.95 bits per heavy atom. The lowest BCUT2D eigenvalue weighted by Crippen LogP contribution is -2.38. The van der Waals surface area contributed by atoms with Crippen LogP contribution in [0.25, 0.3) is 0 Å². The number of ether oxygens (including phenoxy) is 2. The molecule has 1 unspecified atom stereocenters. The Hall–Kier alpha value is -0.830. The second-order valence-electron chi connectivity index (χ2n) is 4.35. The molecule has 0 bridgehead atoms. The summed E-state index contributed by atoms with van der Waals surface area (Å²) >= 11 is 1.54. The molecule has 1 aliphatic heterocycles. The molecular formula is C11H17NO5S2. The van der Waals surface area contributed by atoms with Gasteiger partial charge < -0.3 is 14.8 Å². The van der Waals surface area contributed by atoms with Crippen molar-refractivity contribution in [3.63, 3.8) is 0 Å². The minimum absolute atomic E-state index is 0.0244. The molecular weight excluding hydrogens is 290 g/mol. The van der Waals surface area contributed by atoms with Gasteiger partial charge in [0.05, 0.1) is 5.75 Å². The predicted octanol–water partition coefficient (Wildman–Crippen LogP) is 1.15. The van der Waals surface area contributed by atoms with Crippen molar-refractivity contribution in [3.05, 3.63) is 10.8 Å². The molecule has 0 radical (unpaired) electrons. The van der Waals surface area contributed by atoms with Crippen LogP contribution < -0.4 is 14.8 Å². The Balaban J connectivity index is 1.57. The van der Waals surface area contributed by atoms with E-state index in [1.54, 1.807) is 11.3 Å². The Labute approximate surface area is 116 Å². The number of fused-ring (bicyclic) bond motifs is 1. The summed E-state index contributed by atoms with van der Waals surface area (Å²) in [6.07, 6.45) is 1.11. The van der Waals surface area contributed by atoms with Crippen molar-refractivity contribution < 1.29 is 22.4 Å². The Bertz CT molecular complexity index is 499. The lowest BCUT2D eigenvalue weighted by atomic mass is 10.3. The van der Waals surface area contributed by atoms with Gasteiger partial charge in [-0.25, -0.2) is 0 Å². The quantitative estimate of drug-likeness (QED) is 0.580. The van der Waals surface area contributed by atoms with Crippen LogP contribution in [0.3, 0.4) is 0 Å². The maximum Gasteiger partial charge on any atom is 0.264 e. The topological polar surface area (TPSA) is 84.9 Å². The third-order valence-electron chi connectivity index (χ3n) is 2.69. The third-order valence-corrected chi connectivity index (χ3v) is 4.19. The minimum atomic E-state index is -3.83. The SMILES string of the molecule is O=S(=O)(O)CCCCNCC1COc2cscc2O1. The summed E-state index contributed by atoms with van der Waals surface area (Å²) in [5.74, 6) is 1.40. The van der Waals surface area contributed by atoms with Crippen molar-refractivity contribution in [1.29, 1.82) is 0 Å². The molecule has 1 aliphatic rings. The molecule has 2 N–H and O–H groups in total. The Morgan fingerprint density at radius 2 is 2.16 bits per heavy atom. The molecule has 0 aliphatic carbocycles. The van der Waals surface area contributed by atoms with Gasteiger partial charge in [-0.15, -0.1) is 11.3 Å². The highest BCUT2D eigenvalue weighted by atomic mass is 32.2. The molecule has 8 heteroatoms. The van der Waals surface area contributed by atoms with Crippen molar-refractivity contribution in [2.45, 2.75) is 18.9 Å². The molecule has 2 rings (SSSR count). The highest BCUT2D eigenvalue weighted by Crippen LogP contribution is 2.34. The normalized spacial score (nSPS) is 18.5. The van der Waals surface area contributed by atoms with E-state index in [0.29, 0.717) is 32.5 Å². The number of nitrogens with one attached hydrogen (secondary N) is 1. The van der Waals surface area contributed by atoms with E-state index in [0.717, 1.165) is 11.5 Å². The second kappa shape index (κ2) is 6.56. The molecule has 0 fully saturated rings. The maximum absolute atomic E-state index is 10.5. The van der Waals surface area contributed by atoms with E-state index in [1.807, 2.05) is 10.8 Å². The van der Waals surface area contributed by atoms with Crippen LogP contribution in [-0.4, -0.2) is 44.5 Å². The van der Waals surface area contributed by atoms with Crippen LogP contribution in [0.5, 0.6) is 11.5 Å². The molecule has 0 saturated heterocycles. The highest BCUT2D eigenvalue weighted by Gasteiger charge is 2.20. The monoisotopic (exact) mass is 307 g/mol. The van der Waals surface area contributed by atoms with E-state index >= 15 is 0 Å². The minimum Gasteiger partial charge on any atom is -0.485 e. The number of rotatable bonds is 7. The lowest BCUT2D eigenvalue weighted by Gasteiger charge is -2.24. The van der Waals surface area contributed by atoms with E-state index < -0.39 is 10.1 Å². The molecule has 19 heavy (non-hydrogen) atoms. The first kappa shape index (κ1) is 14.6. The van der Waals surface area contributed by atoms with Gasteiger partial charge in [-0.05, 0) is 19.4 Å². The smallest absolute Gasteiger partial charge is 0.264 e. The van der Waals surface area contributed by atoms with Gasteiger partial charge in [-0.2, -0.15) is 8.42 Å². The summed E-state index contributed by atoms with van der Waals surface area (Å²) in [5, 5.41) is 7.01.